The van der Waals surface area contributed by atoms with Crippen molar-refractivity contribution in [3.05, 3.63) is 42.0 Å². The molecule has 2 aliphatic carbocycles. The third kappa shape index (κ3) is 3.19. The first-order valence-electron chi connectivity index (χ1n) is 9.39. The van der Waals surface area contributed by atoms with E-state index in [1.807, 2.05) is 18.6 Å². The molecule has 0 amide bonds. The highest BCUT2D eigenvalue weighted by Crippen LogP contribution is 2.41. The Bertz CT molecular complexity index is 677. The fourth-order valence-corrected chi connectivity index (χ4v) is 4.16. The summed E-state index contributed by atoms with van der Waals surface area (Å²) in [6.07, 6.45) is 14.8. The molecule has 2 aliphatic rings. The van der Waals surface area contributed by atoms with Gasteiger partial charge in [-0.25, -0.2) is 0 Å². The van der Waals surface area contributed by atoms with E-state index >= 15 is 0 Å². The first kappa shape index (κ1) is 15.7. The minimum absolute atomic E-state index is 0.579. The van der Waals surface area contributed by atoms with Crippen molar-refractivity contribution < 1.29 is 4.74 Å². The number of aryl methyl sites for hydroxylation is 1. The van der Waals surface area contributed by atoms with Crippen LogP contribution in [0.3, 0.4) is 0 Å². The molecule has 0 radical (unpaired) electrons. The first-order valence-corrected chi connectivity index (χ1v) is 9.39. The molecule has 4 nitrogen and oxygen atoms in total. The van der Waals surface area contributed by atoms with Crippen LogP contribution in [-0.4, -0.2) is 21.4 Å². The van der Waals surface area contributed by atoms with E-state index in [1.54, 1.807) is 0 Å². The second kappa shape index (κ2) is 6.96. The number of ether oxygens (including phenoxy) is 1. The molecule has 4 rings (SSSR count). The van der Waals surface area contributed by atoms with E-state index in [0.29, 0.717) is 17.9 Å². The summed E-state index contributed by atoms with van der Waals surface area (Å²) in [5.41, 5.74) is 2.59. The van der Waals surface area contributed by atoms with Gasteiger partial charge < -0.3 is 4.74 Å². The summed E-state index contributed by atoms with van der Waals surface area (Å²) < 4.78 is 8.42. The second-order valence-electron chi connectivity index (χ2n) is 7.45. The highest BCUT2D eigenvalue weighted by Gasteiger charge is 2.32. The predicted octanol–water partition coefficient (Wildman–Crippen LogP) is 4.66. The number of pyridine rings is 1. The maximum absolute atomic E-state index is 6.10. The maximum atomic E-state index is 6.10. The summed E-state index contributed by atoms with van der Waals surface area (Å²) in [4.78, 5) is 4.23. The van der Waals surface area contributed by atoms with Gasteiger partial charge in [-0.15, -0.1) is 0 Å². The third-order valence-corrected chi connectivity index (χ3v) is 5.72. The Hall–Kier alpha value is -1.84. The summed E-state index contributed by atoms with van der Waals surface area (Å²) in [5, 5.41) is 4.64. The Morgan fingerprint density at radius 2 is 2.00 bits per heavy atom. The molecule has 2 fully saturated rings. The lowest BCUT2D eigenvalue weighted by Crippen LogP contribution is -2.28. The summed E-state index contributed by atoms with van der Waals surface area (Å²) in [7, 11) is 0. The summed E-state index contributed by atoms with van der Waals surface area (Å²) in [6, 6.07) is 4.96. The molecule has 0 saturated heterocycles. The monoisotopic (exact) mass is 325 g/mol. The zero-order valence-corrected chi connectivity index (χ0v) is 14.5. The van der Waals surface area contributed by atoms with Crippen molar-refractivity contribution in [2.24, 2.45) is 5.92 Å². The molecule has 2 aromatic rings. The Morgan fingerprint density at radius 1 is 1.12 bits per heavy atom. The number of hydrogen-bond acceptors (Lipinski definition) is 3. The van der Waals surface area contributed by atoms with Crippen LogP contribution in [0.4, 0.5) is 0 Å². The molecule has 0 bridgehead atoms. The van der Waals surface area contributed by atoms with Gasteiger partial charge in [-0.2, -0.15) is 5.10 Å². The Labute approximate surface area is 144 Å². The van der Waals surface area contributed by atoms with Gasteiger partial charge in [-0.3, -0.25) is 9.67 Å². The Morgan fingerprint density at radius 3 is 2.79 bits per heavy atom. The van der Waals surface area contributed by atoms with Crippen LogP contribution in [0.5, 0.6) is 5.75 Å². The summed E-state index contributed by atoms with van der Waals surface area (Å²) in [6.45, 7) is 2.84. The normalized spacial score (nSPS) is 24.5. The van der Waals surface area contributed by atoms with E-state index in [-0.39, 0.29) is 0 Å². The van der Waals surface area contributed by atoms with Gasteiger partial charge in [0.05, 0.1) is 18.8 Å². The van der Waals surface area contributed by atoms with E-state index in [0.717, 1.165) is 17.9 Å². The first-order chi connectivity index (χ1) is 11.8. The van der Waals surface area contributed by atoms with E-state index in [4.69, 9.17) is 4.74 Å². The standard InChI is InChI=1S/C20H27N3O/c1-15-11-18(13-21-12-15)24-14-16-5-2-3-8-19(16)20-9-10-22-23(20)17-6-4-7-17/h9-13,16-17,19H,2-8,14H2,1H3. The second-order valence-corrected chi connectivity index (χ2v) is 7.45. The van der Waals surface area contributed by atoms with Crippen LogP contribution in [-0.2, 0) is 0 Å². The topological polar surface area (TPSA) is 39.9 Å². The van der Waals surface area contributed by atoms with Crippen molar-refractivity contribution in [3.63, 3.8) is 0 Å². The van der Waals surface area contributed by atoms with Crippen LogP contribution in [0.2, 0.25) is 0 Å². The number of nitrogens with zero attached hydrogens (tertiary/aromatic N) is 3. The maximum Gasteiger partial charge on any atom is 0.137 e. The van der Waals surface area contributed by atoms with E-state index in [9.17, 15) is 0 Å². The highest BCUT2D eigenvalue weighted by molar-refractivity contribution is 5.22. The quantitative estimate of drug-likeness (QED) is 0.802. The van der Waals surface area contributed by atoms with E-state index in [1.165, 1.54) is 50.6 Å². The average Bonchev–Trinajstić information content (AvgIpc) is 3.00. The van der Waals surface area contributed by atoms with Gasteiger partial charge in [0.15, 0.2) is 0 Å². The molecular weight excluding hydrogens is 298 g/mol. The van der Waals surface area contributed by atoms with Gasteiger partial charge in [-0.05, 0) is 56.7 Å². The molecule has 2 unspecified atom stereocenters. The molecular formula is C20H27N3O. The van der Waals surface area contributed by atoms with Gasteiger partial charge >= 0.3 is 0 Å². The van der Waals surface area contributed by atoms with Gasteiger partial charge in [0.2, 0.25) is 0 Å². The number of hydrogen-bond donors (Lipinski definition) is 0. The molecule has 0 spiro atoms. The molecule has 128 valence electrons. The van der Waals surface area contributed by atoms with Crippen LogP contribution in [0.1, 0.15) is 68.2 Å². The van der Waals surface area contributed by atoms with Crippen LogP contribution in [0, 0.1) is 12.8 Å². The van der Waals surface area contributed by atoms with Gasteiger partial charge in [-0.1, -0.05) is 12.8 Å². The van der Waals surface area contributed by atoms with Crippen molar-refractivity contribution in [3.8, 4) is 5.75 Å². The van der Waals surface area contributed by atoms with Gasteiger partial charge in [0.25, 0.3) is 0 Å². The molecule has 0 aromatic carbocycles. The average molecular weight is 325 g/mol. The smallest absolute Gasteiger partial charge is 0.137 e. The molecule has 2 atom stereocenters. The minimum atomic E-state index is 0.579. The van der Waals surface area contributed by atoms with Crippen molar-refractivity contribution in [1.29, 1.82) is 0 Å². The molecule has 0 aliphatic heterocycles. The number of rotatable bonds is 5. The van der Waals surface area contributed by atoms with Crippen LogP contribution < -0.4 is 4.74 Å². The van der Waals surface area contributed by atoms with E-state index < -0.39 is 0 Å². The van der Waals surface area contributed by atoms with Crippen molar-refractivity contribution in [1.82, 2.24) is 14.8 Å². The SMILES string of the molecule is Cc1cncc(OCC2CCCCC2c2ccnn2C2CCC2)c1. The van der Waals surface area contributed by atoms with Crippen LogP contribution >= 0.6 is 0 Å². The lowest BCUT2D eigenvalue weighted by molar-refractivity contribution is 0.175. The highest BCUT2D eigenvalue weighted by atomic mass is 16.5. The lowest BCUT2D eigenvalue weighted by atomic mass is 9.77. The van der Waals surface area contributed by atoms with Crippen molar-refractivity contribution >= 4 is 0 Å². The molecule has 2 aromatic heterocycles. The molecule has 4 heteroatoms. The minimum Gasteiger partial charge on any atom is -0.492 e. The van der Waals surface area contributed by atoms with E-state index in [2.05, 4.69) is 33.8 Å². The summed E-state index contributed by atoms with van der Waals surface area (Å²) in [5.74, 6) is 2.06. The largest absolute Gasteiger partial charge is 0.492 e. The van der Waals surface area contributed by atoms with Crippen LogP contribution in [0.25, 0.3) is 0 Å². The van der Waals surface area contributed by atoms with Crippen LogP contribution in [0.15, 0.2) is 30.7 Å². The fourth-order valence-electron chi connectivity index (χ4n) is 4.16. The zero-order valence-electron chi connectivity index (χ0n) is 14.5. The number of aromatic nitrogens is 3. The van der Waals surface area contributed by atoms with Crippen molar-refractivity contribution in [2.75, 3.05) is 6.61 Å². The third-order valence-electron chi connectivity index (χ3n) is 5.72. The fraction of sp³-hybridized carbons (Fsp3) is 0.600. The van der Waals surface area contributed by atoms with Crippen molar-refractivity contribution in [2.45, 2.75) is 63.8 Å². The molecule has 2 heterocycles. The molecule has 2 saturated carbocycles. The molecule has 24 heavy (non-hydrogen) atoms. The van der Waals surface area contributed by atoms with Gasteiger partial charge in [0, 0.05) is 29.9 Å². The lowest BCUT2D eigenvalue weighted by Gasteiger charge is -2.35. The predicted molar refractivity (Wildman–Crippen MR) is 94.3 cm³/mol. The zero-order chi connectivity index (χ0) is 16.4. The molecule has 0 N–H and O–H groups in total. The summed E-state index contributed by atoms with van der Waals surface area (Å²) >= 11 is 0. The Balaban J connectivity index is 1.48. The van der Waals surface area contributed by atoms with Gasteiger partial charge in [0.1, 0.15) is 5.75 Å². The Kier molecular flexibility index (Phi) is 4.54.